The number of primary amides is 1. The molecular weight excluding hydrogens is 474 g/mol. The molecule has 2 amide bonds. The van der Waals surface area contributed by atoms with E-state index >= 15 is 0 Å². The van der Waals surface area contributed by atoms with Gasteiger partial charge in [-0.1, -0.05) is 6.07 Å². The highest BCUT2D eigenvalue weighted by atomic mass is 16.5. The quantitative estimate of drug-likeness (QED) is 0.255. The van der Waals surface area contributed by atoms with Crippen LogP contribution in [0, 0.1) is 0 Å². The van der Waals surface area contributed by atoms with Gasteiger partial charge in [0.2, 0.25) is 5.91 Å². The van der Waals surface area contributed by atoms with Crippen LogP contribution in [-0.4, -0.2) is 67.3 Å². The summed E-state index contributed by atoms with van der Waals surface area (Å²) in [6, 6.07) is 7.40. The summed E-state index contributed by atoms with van der Waals surface area (Å²) in [7, 11) is 1.75. The molecule has 0 unspecified atom stereocenters. The van der Waals surface area contributed by atoms with Crippen LogP contribution in [0.4, 0.5) is 17.3 Å². The van der Waals surface area contributed by atoms with Gasteiger partial charge < -0.3 is 36.5 Å². The van der Waals surface area contributed by atoms with E-state index in [0.29, 0.717) is 61.8 Å². The summed E-state index contributed by atoms with van der Waals surface area (Å²) in [4.78, 5) is 33.5. The van der Waals surface area contributed by atoms with Crippen molar-refractivity contribution in [2.24, 2.45) is 5.73 Å². The molecule has 1 aromatic carbocycles. The molecule has 0 bridgehead atoms. The molecule has 1 aliphatic heterocycles. The number of rotatable bonds is 13. The lowest BCUT2D eigenvalue weighted by atomic mass is 10.1. The van der Waals surface area contributed by atoms with Crippen molar-refractivity contribution in [1.29, 1.82) is 0 Å². The number of carbonyl (C=O) groups is 2. The summed E-state index contributed by atoms with van der Waals surface area (Å²) in [5.41, 5.74) is 7.31. The molecule has 4 rings (SSSR count). The zero-order chi connectivity index (χ0) is 26.2. The number of aromatic nitrogens is 2. The number of nitrogens with one attached hydrogen (secondary N) is 4. The van der Waals surface area contributed by atoms with E-state index in [0.717, 1.165) is 31.4 Å². The summed E-state index contributed by atoms with van der Waals surface area (Å²) in [5, 5.41) is 12.5. The van der Waals surface area contributed by atoms with E-state index in [1.165, 1.54) is 0 Å². The van der Waals surface area contributed by atoms with Crippen LogP contribution in [0.5, 0.6) is 5.75 Å². The number of nitrogens with two attached hydrogens (primary N) is 1. The van der Waals surface area contributed by atoms with Gasteiger partial charge in [-0.05, 0) is 58.2 Å². The third-order valence-corrected chi connectivity index (χ3v) is 6.49. The van der Waals surface area contributed by atoms with Gasteiger partial charge >= 0.3 is 0 Å². The summed E-state index contributed by atoms with van der Waals surface area (Å²) < 4.78 is 11.3. The number of benzene rings is 1. The number of likely N-dealkylation sites (N-methyl/N-ethyl adjacent to an activating group) is 1. The Labute approximate surface area is 217 Å². The molecule has 1 saturated heterocycles. The Balaban J connectivity index is 1.42. The number of carbonyl (C=O) groups excluding carboxylic acids is 2. The molecule has 1 aromatic heterocycles. The van der Waals surface area contributed by atoms with Crippen LogP contribution in [0.15, 0.2) is 24.3 Å². The molecule has 1 atom stereocenters. The first kappa shape index (κ1) is 26.6. The van der Waals surface area contributed by atoms with Gasteiger partial charge in [-0.2, -0.15) is 0 Å². The molecular formula is C26H37N7O4. The monoisotopic (exact) mass is 511 g/mol. The van der Waals surface area contributed by atoms with Crippen molar-refractivity contribution in [3.05, 3.63) is 35.7 Å². The predicted molar refractivity (Wildman–Crippen MR) is 141 cm³/mol. The summed E-state index contributed by atoms with van der Waals surface area (Å²) >= 11 is 0. The zero-order valence-electron chi connectivity index (χ0n) is 21.5. The molecule has 0 spiro atoms. The van der Waals surface area contributed by atoms with Gasteiger partial charge in [-0.3, -0.25) is 9.59 Å². The van der Waals surface area contributed by atoms with E-state index in [1.807, 2.05) is 31.2 Å². The first-order valence-corrected chi connectivity index (χ1v) is 13.0. The van der Waals surface area contributed by atoms with Crippen molar-refractivity contribution in [3.8, 4) is 5.75 Å². The van der Waals surface area contributed by atoms with E-state index in [4.69, 9.17) is 20.2 Å². The molecule has 0 radical (unpaired) electrons. The van der Waals surface area contributed by atoms with Gasteiger partial charge in [-0.15, -0.1) is 0 Å². The summed E-state index contributed by atoms with van der Waals surface area (Å²) in [5.74, 6) is 1.29. The van der Waals surface area contributed by atoms with Crippen LogP contribution in [0.3, 0.4) is 0 Å². The minimum absolute atomic E-state index is 0.0431. The van der Waals surface area contributed by atoms with Crippen LogP contribution in [-0.2, 0) is 9.53 Å². The maximum Gasteiger partial charge on any atom is 0.271 e. The highest BCUT2D eigenvalue weighted by molar-refractivity contribution is 5.96. The molecule has 37 heavy (non-hydrogen) atoms. The molecule has 11 nitrogen and oxygen atoms in total. The first-order chi connectivity index (χ1) is 17.9. The summed E-state index contributed by atoms with van der Waals surface area (Å²) in [6.45, 7) is 4.20. The topological polar surface area (TPSA) is 153 Å². The number of hydrogen-bond donors (Lipinski definition) is 5. The highest BCUT2D eigenvalue weighted by Gasteiger charge is 2.32. The number of hydrogen-bond acceptors (Lipinski definition) is 9. The second kappa shape index (κ2) is 12.7. The lowest BCUT2D eigenvalue weighted by molar-refractivity contribution is -0.122. The Morgan fingerprint density at radius 2 is 1.95 bits per heavy atom. The highest BCUT2D eigenvalue weighted by Crippen LogP contribution is 2.43. The fourth-order valence-corrected chi connectivity index (χ4v) is 4.05. The van der Waals surface area contributed by atoms with Crippen molar-refractivity contribution < 1.29 is 19.1 Å². The first-order valence-electron chi connectivity index (χ1n) is 13.0. The van der Waals surface area contributed by atoms with Gasteiger partial charge in [0.15, 0.2) is 17.3 Å². The largest absolute Gasteiger partial charge is 0.493 e. The van der Waals surface area contributed by atoms with Crippen LogP contribution in [0.25, 0.3) is 0 Å². The average molecular weight is 512 g/mol. The molecule has 2 heterocycles. The van der Waals surface area contributed by atoms with Crippen molar-refractivity contribution >= 4 is 29.1 Å². The third kappa shape index (κ3) is 7.53. The minimum atomic E-state index is -0.628. The molecule has 11 heteroatoms. The molecule has 1 saturated carbocycles. The van der Waals surface area contributed by atoms with Gasteiger partial charge in [0.25, 0.3) is 5.91 Å². The van der Waals surface area contributed by atoms with Crippen LogP contribution >= 0.6 is 0 Å². The van der Waals surface area contributed by atoms with Gasteiger partial charge in [0.05, 0.1) is 18.3 Å². The molecule has 200 valence electrons. The lowest BCUT2D eigenvalue weighted by Gasteiger charge is -2.25. The normalized spacial score (nSPS) is 16.6. The van der Waals surface area contributed by atoms with E-state index in [2.05, 4.69) is 26.3 Å². The fraction of sp³-hybridized carbons (Fsp3) is 0.538. The average Bonchev–Trinajstić information content (AvgIpc) is 3.74. The van der Waals surface area contributed by atoms with Gasteiger partial charge in [-0.25, -0.2) is 9.97 Å². The van der Waals surface area contributed by atoms with Crippen LogP contribution in [0.1, 0.15) is 61.1 Å². The number of nitrogens with zero attached hydrogens (tertiary/aromatic N) is 2. The number of anilines is 3. The van der Waals surface area contributed by atoms with Gasteiger partial charge in [0, 0.05) is 43.5 Å². The number of amides is 2. The smallest absolute Gasteiger partial charge is 0.271 e. The third-order valence-electron chi connectivity index (χ3n) is 6.49. The van der Waals surface area contributed by atoms with Crippen molar-refractivity contribution in [2.45, 2.75) is 57.0 Å². The van der Waals surface area contributed by atoms with E-state index in [9.17, 15) is 9.59 Å². The van der Waals surface area contributed by atoms with Crippen molar-refractivity contribution in [3.63, 3.8) is 0 Å². The Morgan fingerprint density at radius 1 is 1.16 bits per heavy atom. The Kier molecular flexibility index (Phi) is 9.13. The summed E-state index contributed by atoms with van der Waals surface area (Å²) in [6.07, 6.45) is 4.51. The standard InChI is InChI=1S/C26H37N7O4/c1-16(28-2)26(35)29-11-4-12-37-20-6-3-5-19(15-20)31-25-22(23(27)34)32-21(17-7-8-17)24(33-25)30-18-9-13-36-14-10-18/h3,5-6,15-18,28H,4,7-14H2,1-2H3,(H2,27,34)(H,29,35)(H2,30,31,33)/t16-/m0/s1. The van der Waals surface area contributed by atoms with E-state index in [1.54, 1.807) is 7.05 Å². The Hall–Kier alpha value is -3.44. The SMILES string of the molecule is CN[C@@H](C)C(=O)NCCCOc1cccc(Nc2nc(NC3CCOCC3)c(C3CC3)nc2C(N)=O)c1. The number of ether oxygens (including phenoxy) is 2. The fourth-order valence-electron chi connectivity index (χ4n) is 4.05. The minimum Gasteiger partial charge on any atom is -0.493 e. The Morgan fingerprint density at radius 3 is 2.65 bits per heavy atom. The molecule has 2 aliphatic rings. The van der Waals surface area contributed by atoms with E-state index < -0.39 is 5.91 Å². The second-order valence-electron chi connectivity index (χ2n) is 9.48. The van der Waals surface area contributed by atoms with Crippen molar-refractivity contribution in [1.82, 2.24) is 20.6 Å². The predicted octanol–water partition coefficient (Wildman–Crippen LogP) is 2.28. The zero-order valence-corrected chi connectivity index (χ0v) is 21.5. The maximum absolute atomic E-state index is 12.3. The van der Waals surface area contributed by atoms with Crippen LogP contribution < -0.4 is 31.7 Å². The molecule has 2 fully saturated rings. The van der Waals surface area contributed by atoms with Crippen molar-refractivity contribution in [2.75, 3.05) is 44.0 Å². The lowest BCUT2D eigenvalue weighted by Crippen LogP contribution is -2.40. The van der Waals surface area contributed by atoms with Gasteiger partial charge in [0.1, 0.15) is 5.75 Å². The Bertz CT molecular complexity index is 1090. The van der Waals surface area contributed by atoms with E-state index in [-0.39, 0.29) is 23.7 Å². The molecule has 2 aromatic rings. The molecule has 1 aliphatic carbocycles. The van der Waals surface area contributed by atoms with Crippen LogP contribution in [0.2, 0.25) is 0 Å². The molecule has 6 N–H and O–H groups in total. The maximum atomic E-state index is 12.3. The second-order valence-corrected chi connectivity index (χ2v) is 9.48.